The van der Waals surface area contributed by atoms with Gasteiger partial charge in [0.1, 0.15) is 0 Å². The van der Waals surface area contributed by atoms with Gasteiger partial charge in [-0.2, -0.15) is 0 Å². The highest BCUT2D eigenvalue weighted by Crippen LogP contribution is 2.35. The van der Waals surface area contributed by atoms with Crippen molar-refractivity contribution in [1.29, 1.82) is 0 Å². The Labute approximate surface area is 126 Å². The summed E-state index contributed by atoms with van der Waals surface area (Å²) in [5.74, 6) is 0. The first-order valence-electron chi connectivity index (χ1n) is 6.75. The van der Waals surface area contributed by atoms with Crippen LogP contribution in [0.25, 0.3) is 32.3 Å². The third-order valence-electron chi connectivity index (χ3n) is 4.12. The van der Waals surface area contributed by atoms with E-state index in [4.69, 9.17) is 0 Å². The second-order valence-corrected chi connectivity index (χ2v) is 6.07. The molecule has 0 aliphatic heterocycles. The standard InChI is InChI=1S/C19H13Br/c1-12-14-7-4-8-19(20)18(14)11-17-15(12)10-9-13-5-2-3-6-16(13)17/h2-11H,1H3. The van der Waals surface area contributed by atoms with E-state index in [1.165, 1.54) is 37.9 Å². The first-order valence-corrected chi connectivity index (χ1v) is 7.54. The minimum Gasteiger partial charge on any atom is -0.0616 e. The number of aryl methyl sites for hydroxylation is 1. The maximum atomic E-state index is 3.68. The Hall–Kier alpha value is -1.86. The van der Waals surface area contributed by atoms with Gasteiger partial charge in [-0.15, -0.1) is 0 Å². The average molecular weight is 321 g/mol. The molecule has 20 heavy (non-hydrogen) atoms. The molecule has 0 spiro atoms. The van der Waals surface area contributed by atoms with Crippen LogP contribution in [0.15, 0.2) is 65.1 Å². The number of rotatable bonds is 0. The summed E-state index contributed by atoms with van der Waals surface area (Å²) in [6, 6.07) is 21.8. The van der Waals surface area contributed by atoms with Crippen LogP contribution in [0.5, 0.6) is 0 Å². The number of hydrogen-bond acceptors (Lipinski definition) is 0. The molecular formula is C19H13Br. The summed E-state index contributed by atoms with van der Waals surface area (Å²) in [6.07, 6.45) is 0. The van der Waals surface area contributed by atoms with E-state index in [1.54, 1.807) is 0 Å². The Bertz CT molecular complexity index is 967. The van der Waals surface area contributed by atoms with Gasteiger partial charge >= 0.3 is 0 Å². The van der Waals surface area contributed by atoms with Crippen LogP contribution in [-0.2, 0) is 0 Å². The van der Waals surface area contributed by atoms with Gasteiger partial charge in [-0.05, 0) is 56.9 Å². The molecule has 0 aromatic heterocycles. The van der Waals surface area contributed by atoms with Gasteiger partial charge in [0, 0.05) is 4.47 Å². The van der Waals surface area contributed by atoms with Crippen LogP contribution in [0.1, 0.15) is 5.56 Å². The molecule has 0 nitrogen and oxygen atoms in total. The molecular weight excluding hydrogens is 308 g/mol. The van der Waals surface area contributed by atoms with E-state index in [0.717, 1.165) is 4.47 Å². The fourth-order valence-corrected chi connectivity index (χ4v) is 3.56. The van der Waals surface area contributed by atoms with Crippen LogP contribution in [0.2, 0.25) is 0 Å². The highest BCUT2D eigenvalue weighted by atomic mass is 79.9. The molecule has 1 heteroatoms. The number of hydrogen-bond donors (Lipinski definition) is 0. The highest BCUT2D eigenvalue weighted by Gasteiger charge is 2.08. The fourth-order valence-electron chi connectivity index (χ4n) is 3.08. The smallest absolute Gasteiger partial charge is 0.0254 e. The van der Waals surface area contributed by atoms with Crippen molar-refractivity contribution in [2.45, 2.75) is 6.92 Å². The van der Waals surface area contributed by atoms with Crippen LogP contribution >= 0.6 is 15.9 Å². The summed E-state index contributed by atoms with van der Waals surface area (Å²) in [7, 11) is 0. The summed E-state index contributed by atoms with van der Waals surface area (Å²) in [4.78, 5) is 0. The predicted octanol–water partition coefficient (Wildman–Crippen LogP) is 6.22. The molecule has 96 valence electrons. The van der Waals surface area contributed by atoms with Crippen molar-refractivity contribution in [2.24, 2.45) is 0 Å². The number of fused-ring (bicyclic) bond motifs is 4. The number of halogens is 1. The second kappa shape index (κ2) is 4.32. The second-order valence-electron chi connectivity index (χ2n) is 5.22. The van der Waals surface area contributed by atoms with Gasteiger partial charge in [0.15, 0.2) is 0 Å². The molecule has 0 radical (unpaired) electrons. The van der Waals surface area contributed by atoms with E-state index in [2.05, 4.69) is 83.5 Å². The van der Waals surface area contributed by atoms with Crippen LogP contribution < -0.4 is 0 Å². The van der Waals surface area contributed by atoms with Crippen LogP contribution in [0.3, 0.4) is 0 Å². The molecule has 0 aliphatic carbocycles. The molecule has 0 unspecified atom stereocenters. The van der Waals surface area contributed by atoms with Crippen molar-refractivity contribution in [3.8, 4) is 0 Å². The maximum absolute atomic E-state index is 3.68. The molecule has 4 aromatic rings. The topological polar surface area (TPSA) is 0 Å². The minimum absolute atomic E-state index is 1.16. The fraction of sp³-hybridized carbons (Fsp3) is 0.0526. The Morgan fingerprint density at radius 2 is 1.40 bits per heavy atom. The molecule has 4 rings (SSSR count). The van der Waals surface area contributed by atoms with Crippen LogP contribution in [0, 0.1) is 6.92 Å². The van der Waals surface area contributed by atoms with Crippen LogP contribution in [-0.4, -0.2) is 0 Å². The highest BCUT2D eigenvalue weighted by molar-refractivity contribution is 9.10. The lowest BCUT2D eigenvalue weighted by atomic mass is 9.94. The molecule has 0 bridgehead atoms. The lowest BCUT2D eigenvalue weighted by Crippen LogP contribution is -1.85. The lowest BCUT2D eigenvalue weighted by Gasteiger charge is -2.11. The monoisotopic (exact) mass is 320 g/mol. The summed E-state index contributed by atoms with van der Waals surface area (Å²) in [6.45, 7) is 2.21. The predicted molar refractivity (Wildman–Crippen MR) is 91.4 cm³/mol. The maximum Gasteiger partial charge on any atom is 0.0254 e. The molecule has 0 fully saturated rings. The quantitative estimate of drug-likeness (QED) is 0.266. The van der Waals surface area contributed by atoms with E-state index in [-0.39, 0.29) is 0 Å². The van der Waals surface area contributed by atoms with E-state index in [1.807, 2.05) is 0 Å². The van der Waals surface area contributed by atoms with E-state index < -0.39 is 0 Å². The van der Waals surface area contributed by atoms with Gasteiger partial charge in [0.2, 0.25) is 0 Å². The number of benzene rings is 4. The van der Waals surface area contributed by atoms with Gasteiger partial charge < -0.3 is 0 Å². The minimum atomic E-state index is 1.16. The van der Waals surface area contributed by atoms with Gasteiger partial charge in [0.05, 0.1) is 0 Å². The summed E-state index contributed by atoms with van der Waals surface area (Å²) in [5, 5.41) is 7.90. The van der Waals surface area contributed by atoms with Gasteiger partial charge in [-0.1, -0.05) is 64.5 Å². The molecule has 0 N–H and O–H groups in total. The first kappa shape index (κ1) is 11.9. The molecule has 0 heterocycles. The molecule has 0 aliphatic rings. The van der Waals surface area contributed by atoms with Crippen LogP contribution in [0.4, 0.5) is 0 Å². The van der Waals surface area contributed by atoms with E-state index in [0.29, 0.717) is 0 Å². The first-order chi connectivity index (χ1) is 9.75. The van der Waals surface area contributed by atoms with E-state index in [9.17, 15) is 0 Å². The van der Waals surface area contributed by atoms with Crippen molar-refractivity contribution in [1.82, 2.24) is 0 Å². The summed E-state index contributed by atoms with van der Waals surface area (Å²) >= 11 is 3.68. The van der Waals surface area contributed by atoms with Gasteiger partial charge in [-0.25, -0.2) is 0 Å². The zero-order valence-corrected chi connectivity index (χ0v) is 12.7. The Balaban J connectivity index is 2.33. The summed E-state index contributed by atoms with van der Waals surface area (Å²) in [5.41, 5.74) is 1.35. The lowest BCUT2D eigenvalue weighted by molar-refractivity contribution is 1.58. The van der Waals surface area contributed by atoms with Crippen molar-refractivity contribution < 1.29 is 0 Å². The largest absolute Gasteiger partial charge is 0.0616 e. The zero-order valence-electron chi connectivity index (χ0n) is 11.2. The van der Waals surface area contributed by atoms with Gasteiger partial charge in [-0.3, -0.25) is 0 Å². The third-order valence-corrected chi connectivity index (χ3v) is 4.81. The average Bonchev–Trinajstić information content (AvgIpc) is 2.48. The molecule has 0 amide bonds. The normalized spacial score (nSPS) is 11.5. The zero-order chi connectivity index (χ0) is 13.7. The molecule has 0 saturated heterocycles. The molecule has 0 saturated carbocycles. The Kier molecular flexibility index (Phi) is 2.58. The van der Waals surface area contributed by atoms with Crippen molar-refractivity contribution in [3.63, 3.8) is 0 Å². The van der Waals surface area contributed by atoms with Crippen molar-refractivity contribution >= 4 is 48.2 Å². The van der Waals surface area contributed by atoms with Crippen molar-refractivity contribution in [2.75, 3.05) is 0 Å². The Morgan fingerprint density at radius 1 is 0.650 bits per heavy atom. The molecule has 0 atom stereocenters. The molecule has 4 aromatic carbocycles. The van der Waals surface area contributed by atoms with E-state index >= 15 is 0 Å². The summed E-state index contributed by atoms with van der Waals surface area (Å²) < 4.78 is 1.16. The van der Waals surface area contributed by atoms with Gasteiger partial charge in [0.25, 0.3) is 0 Å². The van der Waals surface area contributed by atoms with Crippen molar-refractivity contribution in [3.05, 3.63) is 70.7 Å². The Morgan fingerprint density at radius 3 is 2.30 bits per heavy atom. The third kappa shape index (κ3) is 1.60. The SMILES string of the molecule is Cc1c2cccc(Br)c2cc2c1ccc1ccccc12.